The predicted molar refractivity (Wildman–Crippen MR) is 98.9 cm³/mol. The van der Waals surface area contributed by atoms with Crippen LogP contribution >= 0.6 is 0 Å². The number of hydrogen-bond donors (Lipinski definition) is 0. The van der Waals surface area contributed by atoms with Gasteiger partial charge >= 0.3 is 0 Å². The van der Waals surface area contributed by atoms with E-state index in [-0.39, 0.29) is 18.0 Å². The zero-order chi connectivity index (χ0) is 18.1. The summed E-state index contributed by atoms with van der Waals surface area (Å²) in [4.78, 5) is 17.2. The maximum absolute atomic E-state index is 12.9. The highest BCUT2D eigenvalue weighted by atomic mass is 16.5. The number of aromatic nitrogens is 4. The maximum atomic E-state index is 12.9. The Labute approximate surface area is 150 Å². The van der Waals surface area contributed by atoms with Crippen LogP contribution in [0.25, 0.3) is 22.0 Å². The van der Waals surface area contributed by atoms with Gasteiger partial charge in [-0.25, -0.2) is 4.68 Å². The van der Waals surface area contributed by atoms with E-state index in [0.29, 0.717) is 17.1 Å². The fourth-order valence-electron chi connectivity index (χ4n) is 2.85. The normalized spacial score (nSPS) is 11.3. The minimum absolute atomic E-state index is 0.142. The molecule has 0 spiro atoms. The number of nitrogens with zero attached hydrogens (tertiary/aromatic N) is 4. The molecule has 0 aliphatic heterocycles. The summed E-state index contributed by atoms with van der Waals surface area (Å²) in [5.74, 6) is 1.16. The zero-order valence-corrected chi connectivity index (χ0v) is 14.6. The maximum Gasteiger partial charge on any atom is 0.275 e. The summed E-state index contributed by atoms with van der Waals surface area (Å²) >= 11 is 0. The lowest BCUT2D eigenvalue weighted by molar-refractivity contribution is 0.357. The molecule has 2 aromatic carbocycles. The molecule has 130 valence electrons. The van der Waals surface area contributed by atoms with Gasteiger partial charge in [0.1, 0.15) is 6.54 Å². The van der Waals surface area contributed by atoms with Crippen molar-refractivity contribution in [2.45, 2.75) is 26.3 Å². The Kier molecular flexibility index (Phi) is 4.08. The molecule has 0 fully saturated rings. The van der Waals surface area contributed by atoms with Crippen LogP contribution in [0.1, 0.15) is 31.5 Å². The first-order valence-corrected chi connectivity index (χ1v) is 8.51. The monoisotopic (exact) mass is 346 g/mol. The van der Waals surface area contributed by atoms with Crippen LogP contribution in [0.3, 0.4) is 0 Å². The molecule has 0 aliphatic carbocycles. The molecule has 0 atom stereocenters. The summed E-state index contributed by atoms with van der Waals surface area (Å²) in [7, 11) is 0. The first-order valence-electron chi connectivity index (χ1n) is 8.51. The topological polar surface area (TPSA) is 73.8 Å². The first-order chi connectivity index (χ1) is 12.6. The Morgan fingerprint density at radius 2 is 1.69 bits per heavy atom. The van der Waals surface area contributed by atoms with Crippen molar-refractivity contribution in [1.82, 2.24) is 19.9 Å². The third kappa shape index (κ3) is 2.90. The van der Waals surface area contributed by atoms with Crippen LogP contribution in [-0.4, -0.2) is 19.9 Å². The van der Waals surface area contributed by atoms with Crippen molar-refractivity contribution in [3.8, 4) is 11.3 Å². The molecule has 4 rings (SSSR count). The van der Waals surface area contributed by atoms with Crippen LogP contribution in [0.15, 0.2) is 63.9 Å². The van der Waals surface area contributed by atoms with Crippen LogP contribution < -0.4 is 5.56 Å². The standard InChI is InChI=1S/C20H18N4O2/c1-13(2)19-21-17(26-23-19)12-24-20(25)16-11-7-6-10-15(16)18(22-24)14-8-4-3-5-9-14/h3-11,13H,12H2,1-2H3. The van der Waals surface area contributed by atoms with Gasteiger partial charge in [0.25, 0.3) is 5.56 Å². The van der Waals surface area contributed by atoms with E-state index < -0.39 is 0 Å². The summed E-state index contributed by atoms with van der Waals surface area (Å²) in [6.45, 7) is 4.12. The van der Waals surface area contributed by atoms with E-state index in [0.717, 1.165) is 16.6 Å². The fourth-order valence-corrected chi connectivity index (χ4v) is 2.85. The van der Waals surface area contributed by atoms with Crippen LogP contribution in [-0.2, 0) is 6.54 Å². The Morgan fingerprint density at radius 1 is 1.00 bits per heavy atom. The Balaban J connectivity index is 1.87. The van der Waals surface area contributed by atoms with Crippen LogP contribution in [0, 0.1) is 0 Å². The number of hydrogen-bond acceptors (Lipinski definition) is 5. The van der Waals surface area contributed by atoms with Gasteiger partial charge in [-0.3, -0.25) is 4.79 Å². The Bertz CT molecular complexity index is 1110. The van der Waals surface area contributed by atoms with Crippen LogP contribution in [0.4, 0.5) is 0 Å². The summed E-state index contributed by atoms with van der Waals surface area (Å²) < 4.78 is 6.67. The third-order valence-corrected chi connectivity index (χ3v) is 4.20. The molecule has 6 heteroatoms. The van der Waals surface area contributed by atoms with Crippen LogP contribution in [0.5, 0.6) is 0 Å². The molecule has 0 N–H and O–H groups in total. The van der Waals surface area contributed by atoms with Crippen molar-refractivity contribution in [3.63, 3.8) is 0 Å². The van der Waals surface area contributed by atoms with Gasteiger partial charge in [-0.1, -0.05) is 67.5 Å². The minimum Gasteiger partial charge on any atom is -0.337 e. The highest BCUT2D eigenvalue weighted by Crippen LogP contribution is 2.24. The second-order valence-electron chi connectivity index (χ2n) is 6.42. The molecule has 6 nitrogen and oxygen atoms in total. The third-order valence-electron chi connectivity index (χ3n) is 4.20. The highest BCUT2D eigenvalue weighted by Gasteiger charge is 2.15. The van der Waals surface area contributed by atoms with E-state index in [9.17, 15) is 4.79 Å². The summed E-state index contributed by atoms with van der Waals surface area (Å²) in [5, 5.41) is 9.99. The minimum atomic E-state index is -0.176. The van der Waals surface area contributed by atoms with Gasteiger partial charge in [0.05, 0.1) is 11.1 Å². The largest absolute Gasteiger partial charge is 0.337 e. The lowest BCUT2D eigenvalue weighted by Gasteiger charge is -2.10. The summed E-state index contributed by atoms with van der Waals surface area (Å²) in [6.07, 6.45) is 0. The van der Waals surface area contributed by atoms with E-state index >= 15 is 0 Å². The quantitative estimate of drug-likeness (QED) is 0.564. The van der Waals surface area contributed by atoms with Gasteiger partial charge in [0.2, 0.25) is 5.89 Å². The number of rotatable bonds is 4. The van der Waals surface area contributed by atoms with Crippen LogP contribution in [0.2, 0.25) is 0 Å². The van der Waals surface area contributed by atoms with E-state index in [1.54, 1.807) is 0 Å². The second kappa shape index (κ2) is 6.55. The smallest absolute Gasteiger partial charge is 0.275 e. The molecule has 0 amide bonds. The first kappa shape index (κ1) is 16.2. The van der Waals surface area contributed by atoms with Gasteiger partial charge in [-0.05, 0) is 6.07 Å². The molecular formula is C20H18N4O2. The van der Waals surface area contributed by atoms with Gasteiger partial charge in [-0.15, -0.1) is 0 Å². The molecule has 0 unspecified atom stereocenters. The molecule has 0 radical (unpaired) electrons. The van der Waals surface area contributed by atoms with E-state index in [1.807, 2.05) is 68.4 Å². The Morgan fingerprint density at radius 3 is 2.38 bits per heavy atom. The fraction of sp³-hybridized carbons (Fsp3) is 0.200. The lowest BCUT2D eigenvalue weighted by atomic mass is 10.1. The molecular weight excluding hydrogens is 328 g/mol. The molecule has 2 heterocycles. The summed E-state index contributed by atoms with van der Waals surface area (Å²) in [6, 6.07) is 17.3. The van der Waals surface area contributed by atoms with Gasteiger partial charge < -0.3 is 4.52 Å². The van der Waals surface area contributed by atoms with E-state index in [4.69, 9.17) is 4.52 Å². The number of fused-ring (bicyclic) bond motifs is 1. The van der Waals surface area contributed by atoms with Crippen molar-refractivity contribution in [1.29, 1.82) is 0 Å². The average molecular weight is 346 g/mol. The number of benzene rings is 2. The molecule has 2 aromatic heterocycles. The Hall–Kier alpha value is -3.28. The highest BCUT2D eigenvalue weighted by molar-refractivity contribution is 5.93. The molecule has 0 saturated carbocycles. The average Bonchev–Trinajstić information content (AvgIpc) is 3.14. The van der Waals surface area contributed by atoms with Gasteiger partial charge in [-0.2, -0.15) is 10.1 Å². The van der Waals surface area contributed by atoms with Crippen molar-refractivity contribution < 1.29 is 4.52 Å². The van der Waals surface area contributed by atoms with Crippen molar-refractivity contribution in [3.05, 3.63) is 76.7 Å². The van der Waals surface area contributed by atoms with Crippen molar-refractivity contribution in [2.75, 3.05) is 0 Å². The van der Waals surface area contributed by atoms with Gasteiger partial charge in [0.15, 0.2) is 5.82 Å². The van der Waals surface area contributed by atoms with E-state index in [2.05, 4.69) is 15.2 Å². The summed E-state index contributed by atoms with van der Waals surface area (Å²) in [5.41, 5.74) is 1.53. The van der Waals surface area contributed by atoms with Crippen molar-refractivity contribution >= 4 is 10.8 Å². The van der Waals surface area contributed by atoms with Crippen molar-refractivity contribution in [2.24, 2.45) is 0 Å². The molecule has 0 bridgehead atoms. The molecule has 0 aliphatic rings. The lowest BCUT2D eigenvalue weighted by Crippen LogP contribution is -2.24. The molecule has 0 saturated heterocycles. The van der Waals surface area contributed by atoms with E-state index in [1.165, 1.54) is 4.68 Å². The molecule has 26 heavy (non-hydrogen) atoms. The SMILES string of the molecule is CC(C)c1noc(Cn2nc(-c3ccccc3)c3ccccc3c2=O)n1. The zero-order valence-electron chi connectivity index (χ0n) is 14.6. The second-order valence-corrected chi connectivity index (χ2v) is 6.42. The predicted octanol–water partition coefficient (Wildman–Crippen LogP) is 3.62. The molecule has 4 aromatic rings. The van der Waals surface area contributed by atoms with Gasteiger partial charge in [0, 0.05) is 16.9 Å².